The predicted molar refractivity (Wildman–Crippen MR) is 75.8 cm³/mol. The van der Waals surface area contributed by atoms with Gasteiger partial charge in [-0.05, 0) is 47.1 Å². The molecule has 0 saturated heterocycles. The third-order valence-electron chi connectivity index (χ3n) is 2.52. The summed E-state index contributed by atoms with van der Waals surface area (Å²) in [7, 11) is 0. The third-order valence-corrected chi connectivity index (χ3v) is 4.14. The highest BCUT2D eigenvalue weighted by atomic mass is 79.9. The Hall–Kier alpha value is -1.71. The molecule has 19 heavy (non-hydrogen) atoms. The van der Waals surface area contributed by atoms with Gasteiger partial charge in [0.05, 0.1) is 20.3 Å². The molecule has 0 aliphatic heterocycles. The zero-order valence-corrected chi connectivity index (χ0v) is 12.2. The molecule has 0 unspecified atom stereocenters. The normalized spacial score (nSPS) is 10.0. The molecule has 1 amide bonds. The van der Waals surface area contributed by atoms with Crippen molar-refractivity contribution in [3.63, 3.8) is 0 Å². The Morgan fingerprint density at radius 3 is 2.79 bits per heavy atom. The smallest absolute Gasteiger partial charge is 0.265 e. The molecule has 0 saturated carbocycles. The summed E-state index contributed by atoms with van der Waals surface area (Å²) in [6, 6.07) is 7.89. The van der Waals surface area contributed by atoms with Gasteiger partial charge >= 0.3 is 0 Å². The molecule has 1 heterocycles. The number of carbonyl (C=O) groups excluding carboxylic acids is 1. The number of anilines is 1. The summed E-state index contributed by atoms with van der Waals surface area (Å²) >= 11 is 4.55. The van der Waals surface area contributed by atoms with Crippen LogP contribution in [0.5, 0.6) is 0 Å². The van der Waals surface area contributed by atoms with Crippen LogP contribution >= 0.6 is 27.3 Å². The first kappa shape index (κ1) is 13.7. The van der Waals surface area contributed by atoms with E-state index < -0.39 is 5.82 Å². The van der Waals surface area contributed by atoms with Crippen LogP contribution in [0.1, 0.15) is 20.8 Å². The number of thiophene rings is 1. The summed E-state index contributed by atoms with van der Waals surface area (Å²) in [6.07, 6.45) is 0. The van der Waals surface area contributed by atoms with E-state index in [0.717, 1.165) is 9.85 Å². The van der Waals surface area contributed by atoms with Crippen molar-refractivity contribution in [3.8, 4) is 6.07 Å². The van der Waals surface area contributed by atoms with Crippen LogP contribution in [0.25, 0.3) is 0 Å². The molecule has 3 nitrogen and oxygen atoms in total. The number of hydrogen-bond donors (Lipinski definition) is 1. The lowest BCUT2D eigenvalue weighted by atomic mass is 10.1. The van der Waals surface area contributed by atoms with E-state index in [-0.39, 0.29) is 11.5 Å². The van der Waals surface area contributed by atoms with Gasteiger partial charge in [0, 0.05) is 11.3 Å². The van der Waals surface area contributed by atoms with E-state index >= 15 is 0 Å². The summed E-state index contributed by atoms with van der Waals surface area (Å²) in [5.41, 5.74) is 0.791. The van der Waals surface area contributed by atoms with E-state index in [0.29, 0.717) is 16.1 Å². The second-order valence-electron chi connectivity index (χ2n) is 3.80. The van der Waals surface area contributed by atoms with Crippen LogP contribution in [0.15, 0.2) is 28.1 Å². The Bertz CT molecular complexity index is 690. The third kappa shape index (κ3) is 3.00. The Labute approximate surface area is 121 Å². The van der Waals surface area contributed by atoms with Gasteiger partial charge in [-0.1, -0.05) is 0 Å². The Morgan fingerprint density at radius 1 is 1.47 bits per heavy atom. The fraction of sp³-hybridized carbons (Fsp3) is 0.0769. The molecule has 2 rings (SSSR count). The number of nitriles is 1. The monoisotopic (exact) mass is 338 g/mol. The van der Waals surface area contributed by atoms with E-state index in [1.807, 2.05) is 6.07 Å². The molecule has 0 spiro atoms. The summed E-state index contributed by atoms with van der Waals surface area (Å²) in [4.78, 5) is 12.5. The standard InChI is InChI=1S/C13H8BrFN2OS/c1-7-9(15)4-8(6-16)5-10(7)17-13(18)11-2-3-12(14)19-11/h2-5H,1H3,(H,17,18). The maximum atomic E-state index is 13.6. The fourth-order valence-electron chi connectivity index (χ4n) is 1.49. The molecule has 1 aromatic carbocycles. The second kappa shape index (κ2) is 5.51. The van der Waals surface area contributed by atoms with Gasteiger partial charge in [0.15, 0.2) is 0 Å². The number of nitrogens with one attached hydrogen (secondary N) is 1. The van der Waals surface area contributed by atoms with Gasteiger partial charge < -0.3 is 5.32 Å². The van der Waals surface area contributed by atoms with Crippen LogP contribution in [-0.2, 0) is 0 Å². The molecule has 0 fully saturated rings. The fourth-order valence-corrected chi connectivity index (χ4v) is 2.77. The Balaban J connectivity index is 2.31. The summed E-state index contributed by atoms with van der Waals surface area (Å²) in [6.45, 7) is 1.55. The van der Waals surface area contributed by atoms with Gasteiger partial charge in [0.2, 0.25) is 0 Å². The SMILES string of the molecule is Cc1c(F)cc(C#N)cc1NC(=O)c1ccc(Br)s1. The highest BCUT2D eigenvalue weighted by Crippen LogP contribution is 2.25. The van der Waals surface area contributed by atoms with Crippen LogP contribution < -0.4 is 5.32 Å². The lowest BCUT2D eigenvalue weighted by molar-refractivity contribution is 0.103. The first-order valence-corrected chi connectivity index (χ1v) is 6.89. The van der Waals surface area contributed by atoms with Crippen molar-refractivity contribution < 1.29 is 9.18 Å². The first-order valence-electron chi connectivity index (χ1n) is 5.28. The minimum absolute atomic E-state index is 0.172. The van der Waals surface area contributed by atoms with E-state index in [1.54, 1.807) is 19.1 Å². The highest BCUT2D eigenvalue weighted by Gasteiger charge is 2.13. The molecular weight excluding hydrogens is 331 g/mol. The van der Waals surface area contributed by atoms with Crippen molar-refractivity contribution in [2.24, 2.45) is 0 Å². The van der Waals surface area contributed by atoms with Crippen molar-refractivity contribution in [2.75, 3.05) is 5.32 Å². The highest BCUT2D eigenvalue weighted by molar-refractivity contribution is 9.11. The Kier molecular flexibility index (Phi) is 3.98. The van der Waals surface area contributed by atoms with Gasteiger partial charge in [-0.3, -0.25) is 4.79 Å². The number of rotatable bonds is 2. The maximum Gasteiger partial charge on any atom is 0.265 e. The van der Waals surface area contributed by atoms with E-state index in [2.05, 4.69) is 21.2 Å². The first-order chi connectivity index (χ1) is 9.01. The number of amides is 1. The molecule has 0 bridgehead atoms. The van der Waals surface area contributed by atoms with Crippen molar-refractivity contribution in [3.05, 3.63) is 49.9 Å². The molecule has 0 radical (unpaired) electrons. The van der Waals surface area contributed by atoms with Crippen molar-refractivity contribution in [1.82, 2.24) is 0 Å². The molecule has 6 heteroatoms. The summed E-state index contributed by atoms with van der Waals surface area (Å²) < 4.78 is 14.4. The zero-order valence-electron chi connectivity index (χ0n) is 9.83. The number of hydrogen-bond acceptors (Lipinski definition) is 3. The average molecular weight is 339 g/mol. The summed E-state index contributed by atoms with van der Waals surface area (Å²) in [5, 5.41) is 11.4. The molecule has 0 aliphatic rings. The number of nitrogens with zero attached hydrogens (tertiary/aromatic N) is 1. The van der Waals surface area contributed by atoms with E-state index in [4.69, 9.17) is 5.26 Å². The molecule has 0 aliphatic carbocycles. The van der Waals surface area contributed by atoms with E-state index in [1.165, 1.54) is 17.4 Å². The summed E-state index contributed by atoms with van der Waals surface area (Å²) in [5.74, 6) is -0.838. The molecule has 96 valence electrons. The van der Waals surface area contributed by atoms with Crippen LogP contribution in [-0.4, -0.2) is 5.91 Å². The van der Waals surface area contributed by atoms with Crippen molar-refractivity contribution in [1.29, 1.82) is 5.26 Å². The van der Waals surface area contributed by atoms with Crippen LogP contribution in [0.2, 0.25) is 0 Å². The molecule has 1 aromatic heterocycles. The lowest BCUT2D eigenvalue weighted by Gasteiger charge is -2.08. The molecule has 2 aromatic rings. The molecule has 0 atom stereocenters. The predicted octanol–water partition coefficient (Wildman–Crippen LogP) is 4.08. The largest absolute Gasteiger partial charge is 0.321 e. The van der Waals surface area contributed by atoms with Gasteiger partial charge in [-0.25, -0.2) is 4.39 Å². The zero-order chi connectivity index (χ0) is 14.0. The van der Waals surface area contributed by atoms with E-state index in [9.17, 15) is 9.18 Å². The quantitative estimate of drug-likeness (QED) is 0.896. The average Bonchev–Trinajstić information content (AvgIpc) is 2.81. The minimum Gasteiger partial charge on any atom is -0.321 e. The van der Waals surface area contributed by atoms with Crippen LogP contribution in [0.3, 0.4) is 0 Å². The van der Waals surface area contributed by atoms with Gasteiger partial charge in [0.25, 0.3) is 5.91 Å². The number of carbonyl (C=O) groups is 1. The topological polar surface area (TPSA) is 52.9 Å². The number of halogens is 2. The Morgan fingerprint density at radius 2 is 2.21 bits per heavy atom. The van der Waals surface area contributed by atoms with Crippen molar-refractivity contribution >= 4 is 38.9 Å². The van der Waals surface area contributed by atoms with Crippen molar-refractivity contribution in [2.45, 2.75) is 6.92 Å². The van der Waals surface area contributed by atoms with Gasteiger partial charge in [0.1, 0.15) is 5.82 Å². The number of benzene rings is 1. The van der Waals surface area contributed by atoms with Gasteiger partial charge in [-0.2, -0.15) is 5.26 Å². The van der Waals surface area contributed by atoms with Crippen LogP contribution in [0, 0.1) is 24.1 Å². The van der Waals surface area contributed by atoms with Crippen LogP contribution in [0.4, 0.5) is 10.1 Å². The maximum absolute atomic E-state index is 13.6. The lowest BCUT2D eigenvalue weighted by Crippen LogP contribution is -2.12. The molecule has 1 N–H and O–H groups in total. The van der Waals surface area contributed by atoms with Gasteiger partial charge in [-0.15, -0.1) is 11.3 Å². The second-order valence-corrected chi connectivity index (χ2v) is 6.26. The molecular formula is C13H8BrFN2OS. The minimum atomic E-state index is -0.512.